The second-order valence-electron chi connectivity index (χ2n) is 8.51. The van der Waals surface area contributed by atoms with Crippen LogP contribution in [0.2, 0.25) is 0 Å². The monoisotopic (exact) mass is 524 g/mol. The Hall–Kier alpha value is -2.20. The van der Waals surface area contributed by atoms with Crippen LogP contribution in [0.1, 0.15) is 0 Å². The van der Waals surface area contributed by atoms with E-state index in [1.807, 2.05) is 104 Å². The molecule has 202 valence electrons. The van der Waals surface area contributed by atoms with Crippen molar-refractivity contribution in [3.63, 3.8) is 0 Å². The molecule has 0 atom stereocenters. The first-order chi connectivity index (χ1) is 15.2. The molecule has 0 aliphatic rings. The summed E-state index contributed by atoms with van der Waals surface area (Å²) in [4.78, 5) is 26.7. The fourth-order valence-corrected chi connectivity index (χ4v) is 9.46. The van der Waals surface area contributed by atoms with Gasteiger partial charge in [-0.15, -0.1) is 12.4 Å². The number of rotatable bonds is 4. The minimum atomic E-state index is -3.15. The molecule has 0 aliphatic carbocycles. The summed E-state index contributed by atoms with van der Waals surface area (Å²) < 4.78 is 8.96. The molecule has 0 spiro atoms. The molecule has 0 rings (SSSR count). The summed E-state index contributed by atoms with van der Waals surface area (Å²) in [5.74, 6) is 3.30. The van der Waals surface area contributed by atoms with Crippen molar-refractivity contribution in [3.05, 3.63) is 0 Å². The van der Waals surface area contributed by atoms with Gasteiger partial charge in [0.25, 0.3) is 0 Å². The zero-order valence-electron chi connectivity index (χ0n) is 24.3. The van der Waals surface area contributed by atoms with Crippen molar-refractivity contribution in [2.45, 2.75) is 0 Å². The van der Waals surface area contributed by atoms with Crippen LogP contribution in [-0.4, -0.2) is 175 Å². The maximum absolute atomic E-state index is 4.65. The average molecular weight is 525 g/mol. The van der Waals surface area contributed by atoms with Crippen LogP contribution in [-0.2, 0) is 0 Å². The Morgan fingerprint density at radius 2 is 0.529 bits per heavy atom. The Morgan fingerprint density at radius 3 is 0.618 bits per heavy atom. The predicted octanol–water partition coefficient (Wildman–Crippen LogP) is 0.735. The summed E-state index contributed by atoms with van der Waals surface area (Å²) >= 11 is 0. The zero-order valence-corrected chi connectivity index (χ0v) is 26.1. The Morgan fingerprint density at radius 1 is 0.382 bits per heavy atom. The van der Waals surface area contributed by atoms with Crippen LogP contribution in [0, 0.1) is 0 Å². The third kappa shape index (κ3) is 6.47. The van der Waals surface area contributed by atoms with E-state index in [2.05, 4.69) is 66.8 Å². The zero-order chi connectivity index (χ0) is 26.3. The molecule has 0 bridgehead atoms. The van der Waals surface area contributed by atoms with Gasteiger partial charge in [0.1, 0.15) is 0 Å². The van der Waals surface area contributed by atoms with Gasteiger partial charge in [-0.1, -0.05) is 0 Å². The van der Waals surface area contributed by atoms with E-state index in [9.17, 15) is 0 Å². The van der Waals surface area contributed by atoms with Crippen LogP contribution in [0.25, 0.3) is 0 Å². The van der Waals surface area contributed by atoms with E-state index in [4.69, 9.17) is 0 Å². The van der Waals surface area contributed by atoms with E-state index >= 15 is 0 Å². The minimum absolute atomic E-state index is 0. The maximum atomic E-state index is 4.65. The SMILES string of the molecule is C/N=C(\N(C)C)N(C)[PH](N(C)/C(=N/C)N(C)C)(N(C)/C(=N/C)N(C)C)N(C)/C(=N/C)N(C)C.Cl. The van der Waals surface area contributed by atoms with Gasteiger partial charge >= 0.3 is 203 Å². The maximum Gasteiger partial charge on any atom is -0.147 e. The second kappa shape index (κ2) is 14.3. The molecule has 0 saturated carbocycles. The third-order valence-electron chi connectivity index (χ3n) is 5.40. The molecule has 0 amide bonds. The van der Waals surface area contributed by atoms with Crippen LogP contribution in [0.4, 0.5) is 0 Å². The van der Waals surface area contributed by atoms with E-state index in [0.717, 1.165) is 23.8 Å². The van der Waals surface area contributed by atoms with Gasteiger partial charge in [0, 0.05) is 0 Å². The second-order valence-corrected chi connectivity index (χ2v) is 12.4. The molecule has 34 heavy (non-hydrogen) atoms. The summed E-state index contributed by atoms with van der Waals surface area (Å²) in [6.07, 6.45) is 0. The van der Waals surface area contributed by atoms with Crippen molar-refractivity contribution in [1.29, 1.82) is 0 Å². The third-order valence-corrected chi connectivity index (χ3v) is 9.80. The van der Waals surface area contributed by atoms with Crippen molar-refractivity contribution >= 4 is 44.1 Å². The molecule has 0 aromatic heterocycles. The normalized spacial score (nSPS) is 13.6. The quantitative estimate of drug-likeness (QED) is 0.303. The Balaban J connectivity index is 0. The van der Waals surface area contributed by atoms with Gasteiger partial charge in [-0.2, -0.15) is 0 Å². The molecule has 0 heterocycles. The molecule has 0 aromatic carbocycles. The van der Waals surface area contributed by atoms with Crippen LogP contribution < -0.4 is 0 Å². The summed E-state index contributed by atoms with van der Waals surface area (Å²) in [5, 5.41) is 0. The first-order valence-electron chi connectivity index (χ1n) is 10.7. The molecule has 0 aromatic rings. The van der Waals surface area contributed by atoms with Gasteiger partial charge in [-0.25, -0.2) is 0 Å². The number of nitrogens with zero attached hydrogens (tertiary/aromatic N) is 12. The molecule has 14 heteroatoms. The van der Waals surface area contributed by atoms with Gasteiger partial charge in [0.15, 0.2) is 0 Å². The van der Waals surface area contributed by atoms with Gasteiger partial charge in [-0.05, 0) is 0 Å². The fourth-order valence-electron chi connectivity index (χ4n) is 4.49. The molecule has 0 unspecified atom stereocenters. The van der Waals surface area contributed by atoms with Gasteiger partial charge < -0.3 is 0 Å². The molecule has 12 nitrogen and oxygen atoms in total. The summed E-state index contributed by atoms with van der Waals surface area (Å²) in [5.41, 5.74) is 0. The average Bonchev–Trinajstić information content (AvgIpc) is 2.69. The molecular formula is C20H50ClN12P. The van der Waals surface area contributed by atoms with Crippen molar-refractivity contribution in [2.24, 2.45) is 20.0 Å². The summed E-state index contributed by atoms with van der Waals surface area (Å²) in [7, 11) is 28.4. The number of hydrogen-bond acceptors (Lipinski definition) is 4. The molecule has 0 saturated heterocycles. The number of aliphatic imine (C=N–C) groups is 4. The van der Waals surface area contributed by atoms with Crippen LogP contribution in [0.5, 0.6) is 0 Å². The first kappa shape index (κ1) is 34.0. The van der Waals surface area contributed by atoms with Crippen molar-refractivity contribution in [2.75, 3.05) is 113 Å². The standard InChI is InChI=1S/C20H49N12P.ClH/c1-21-17(25(5)6)29(13)33(30(14)18(22-2)26(7)8,31(15)19(23-3)27(9)10)32(16)20(24-4)28(11)12;/h33H,1-16H3;1H/b21-17+,22-18+,23-19+,24-20+;. The number of hydrogen-bond donors (Lipinski definition) is 0. The summed E-state index contributed by atoms with van der Waals surface area (Å²) in [6.45, 7) is 0. The van der Waals surface area contributed by atoms with E-state index in [-0.39, 0.29) is 12.4 Å². The van der Waals surface area contributed by atoms with Gasteiger partial charge in [-0.3, -0.25) is 0 Å². The molecule has 0 radical (unpaired) electrons. The van der Waals surface area contributed by atoms with E-state index in [1.54, 1.807) is 0 Å². The molecule has 0 aliphatic heterocycles. The Bertz CT molecular complexity index is 622. The van der Waals surface area contributed by atoms with Crippen LogP contribution in [0.15, 0.2) is 20.0 Å². The molecule has 0 fully saturated rings. The fraction of sp³-hybridized carbons (Fsp3) is 0.800. The van der Waals surface area contributed by atoms with Crippen LogP contribution >= 0.6 is 20.3 Å². The minimum Gasteiger partial charge on any atom is -0.147 e. The van der Waals surface area contributed by atoms with Gasteiger partial charge in [0.05, 0.1) is 0 Å². The smallest absolute Gasteiger partial charge is 0.147 e. The Labute approximate surface area is 215 Å². The molecule has 0 N–H and O–H groups in total. The summed E-state index contributed by atoms with van der Waals surface area (Å²) in [6, 6.07) is 0. The first-order valence-corrected chi connectivity index (χ1v) is 12.5. The number of halogens is 1. The largest absolute Gasteiger partial charge is 0.147 e. The Kier molecular flexibility index (Phi) is 14.2. The topological polar surface area (TPSA) is 75.4 Å². The van der Waals surface area contributed by atoms with E-state index in [1.165, 1.54) is 0 Å². The predicted molar refractivity (Wildman–Crippen MR) is 155 cm³/mol. The van der Waals surface area contributed by atoms with Gasteiger partial charge in [0.2, 0.25) is 0 Å². The number of guanidine groups is 4. The van der Waals surface area contributed by atoms with E-state index in [0.29, 0.717) is 0 Å². The van der Waals surface area contributed by atoms with Crippen molar-refractivity contribution in [3.8, 4) is 0 Å². The van der Waals surface area contributed by atoms with E-state index < -0.39 is 7.87 Å². The molecular weight excluding hydrogens is 475 g/mol. The van der Waals surface area contributed by atoms with Crippen LogP contribution in [0.3, 0.4) is 0 Å². The van der Waals surface area contributed by atoms with Crippen molar-refractivity contribution in [1.82, 2.24) is 38.3 Å². The van der Waals surface area contributed by atoms with Crippen molar-refractivity contribution < 1.29 is 0 Å².